The summed E-state index contributed by atoms with van der Waals surface area (Å²) in [5.41, 5.74) is 3.92. The number of hydrogen-bond donors (Lipinski definition) is 2. The molecule has 0 aliphatic heterocycles. The molecular weight excluding hydrogens is 248 g/mol. The average Bonchev–Trinajstić information content (AvgIpc) is 2.01. The van der Waals surface area contributed by atoms with Crippen molar-refractivity contribution >= 4 is 27.6 Å². The molecule has 1 rings (SSSR count). The maximum Gasteiger partial charge on any atom is 0.339 e. The van der Waals surface area contributed by atoms with Crippen molar-refractivity contribution in [3.8, 4) is 0 Å². The number of hydrogen-bond acceptors (Lipinski definition) is 2. The van der Waals surface area contributed by atoms with Gasteiger partial charge < -0.3 is 10.8 Å². The zero-order valence-electron chi connectivity index (χ0n) is 6.14. The van der Waals surface area contributed by atoms with Crippen LogP contribution in [0.3, 0.4) is 0 Å². The molecule has 0 aliphatic rings. The smallest absolute Gasteiger partial charge is 0.339 e. The highest BCUT2D eigenvalue weighted by molar-refractivity contribution is 9.10. The lowest BCUT2D eigenvalue weighted by Crippen LogP contribution is -2.07. The van der Waals surface area contributed by atoms with Crippen molar-refractivity contribution in [1.29, 1.82) is 0 Å². The Hall–Kier alpha value is -1.17. The fourth-order valence-corrected chi connectivity index (χ4v) is 1.32. The van der Waals surface area contributed by atoms with Crippen LogP contribution in [0.15, 0.2) is 10.5 Å². The molecule has 0 saturated carbocycles. The van der Waals surface area contributed by atoms with E-state index in [0.29, 0.717) is 6.07 Å². The molecule has 0 aromatic heterocycles. The summed E-state index contributed by atoms with van der Waals surface area (Å²) in [5, 5.41) is 8.55. The van der Waals surface area contributed by atoms with E-state index in [0.717, 1.165) is 0 Å². The molecule has 3 N–H and O–H groups in total. The fraction of sp³-hybridized carbons (Fsp3) is 0. The van der Waals surface area contributed by atoms with Crippen molar-refractivity contribution in [1.82, 2.24) is 0 Å². The molecule has 0 amide bonds. The number of rotatable bonds is 1. The van der Waals surface area contributed by atoms with Crippen LogP contribution in [0, 0.1) is 11.6 Å². The highest BCUT2D eigenvalue weighted by Crippen LogP contribution is 2.28. The van der Waals surface area contributed by atoms with E-state index < -0.39 is 28.9 Å². The van der Waals surface area contributed by atoms with Gasteiger partial charge in [0.05, 0.1) is 10.2 Å². The third kappa shape index (κ3) is 1.62. The van der Waals surface area contributed by atoms with Crippen molar-refractivity contribution < 1.29 is 18.7 Å². The van der Waals surface area contributed by atoms with Gasteiger partial charge in [-0.1, -0.05) is 0 Å². The second-order valence-electron chi connectivity index (χ2n) is 2.25. The van der Waals surface area contributed by atoms with Gasteiger partial charge in [-0.3, -0.25) is 0 Å². The van der Waals surface area contributed by atoms with E-state index in [-0.39, 0.29) is 4.47 Å². The fourth-order valence-electron chi connectivity index (χ4n) is 0.819. The number of benzene rings is 1. The van der Waals surface area contributed by atoms with Crippen LogP contribution in [-0.4, -0.2) is 11.1 Å². The van der Waals surface area contributed by atoms with Gasteiger partial charge in [-0.25, -0.2) is 13.6 Å². The van der Waals surface area contributed by atoms with Gasteiger partial charge in [-0.2, -0.15) is 0 Å². The van der Waals surface area contributed by atoms with Crippen LogP contribution in [-0.2, 0) is 0 Å². The minimum absolute atomic E-state index is 0.348. The molecule has 70 valence electrons. The van der Waals surface area contributed by atoms with Crippen molar-refractivity contribution in [2.75, 3.05) is 5.73 Å². The van der Waals surface area contributed by atoms with Gasteiger partial charge in [0.2, 0.25) is 0 Å². The van der Waals surface area contributed by atoms with Crippen LogP contribution >= 0.6 is 15.9 Å². The lowest BCUT2D eigenvalue weighted by atomic mass is 10.1. The summed E-state index contributed by atoms with van der Waals surface area (Å²) in [6, 6.07) is 0.520. The Kier molecular flexibility index (Phi) is 2.51. The van der Waals surface area contributed by atoms with E-state index in [1.54, 1.807) is 0 Å². The molecule has 0 aliphatic carbocycles. The van der Waals surface area contributed by atoms with Crippen LogP contribution < -0.4 is 5.73 Å². The van der Waals surface area contributed by atoms with Gasteiger partial charge in [-0.05, 0) is 15.9 Å². The van der Waals surface area contributed by atoms with Crippen LogP contribution in [0.5, 0.6) is 0 Å². The van der Waals surface area contributed by atoms with Crippen molar-refractivity contribution in [3.05, 3.63) is 27.7 Å². The van der Waals surface area contributed by atoms with Crippen molar-refractivity contribution in [2.24, 2.45) is 0 Å². The van der Waals surface area contributed by atoms with E-state index in [9.17, 15) is 13.6 Å². The first-order chi connectivity index (χ1) is 5.95. The third-order valence-corrected chi connectivity index (χ3v) is 2.20. The van der Waals surface area contributed by atoms with Crippen LogP contribution in [0.2, 0.25) is 0 Å². The molecule has 0 saturated heterocycles. The molecule has 3 nitrogen and oxygen atoms in total. The molecule has 0 bridgehead atoms. The summed E-state index contributed by atoms with van der Waals surface area (Å²) in [6.45, 7) is 0. The van der Waals surface area contributed by atoms with E-state index >= 15 is 0 Å². The van der Waals surface area contributed by atoms with Gasteiger partial charge in [0, 0.05) is 6.07 Å². The average molecular weight is 252 g/mol. The van der Waals surface area contributed by atoms with Gasteiger partial charge in [0.25, 0.3) is 0 Å². The van der Waals surface area contributed by atoms with Crippen molar-refractivity contribution in [3.63, 3.8) is 0 Å². The minimum atomic E-state index is -1.48. The minimum Gasteiger partial charge on any atom is -0.478 e. The molecule has 1 aromatic carbocycles. The van der Waals surface area contributed by atoms with Crippen LogP contribution in [0.1, 0.15) is 10.4 Å². The topological polar surface area (TPSA) is 63.3 Å². The van der Waals surface area contributed by atoms with Gasteiger partial charge >= 0.3 is 5.97 Å². The van der Waals surface area contributed by atoms with E-state index in [1.807, 2.05) is 0 Å². The number of nitrogen functional groups attached to an aromatic ring is 1. The third-order valence-electron chi connectivity index (χ3n) is 1.42. The monoisotopic (exact) mass is 251 g/mol. The second kappa shape index (κ2) is 3.29. The summed E-state index contributed by atoms with van der Waals surface area (Å²) in [5.74, 6) is -3.56. The maximum absolute atomic E-state index is 12.8. The molecule has 1 aromatic rings. The van der Waals surface area contributed by atoms with E-state index in [2.05, 4.69) is 15.9 Å². The van der Waals surface area contributed by atoms with E-state index in [1.165, 1.54) is 0 Å². The molecular formula is C7H4BrF2NO2. The number of aromatic carboxylic acids is 1. The summed E-state index contributed by atoms with van der Waals surface area (Å²) in [6.07, 6.45) is 0. The molecule has 0 atom stereocenters. The Labute approximate surface area is 80.3 Å². The van der Waals surface area contributed by atoms with Crippen LogP contribution in [0.25, 0.3) is 0 Å². The summed E-state index contributed by atoms with van der Waals surface area (Å²) >= 11 is 2.66. The standard InChI is InChI=1S/C7H4BrF2NO2/c8-5-2(9)1-3(10)6(11)4(5)7(12)13/h1H,11H2,(H,12,13). The highest BCUT2D eigenvalue weighted by atomic mass is 79.9. The first-order valence-corrected chi connectivity index (χ1v) is 3.90. The van der Waals surface area contributed by atoms with Gasteiger partial charge in [0.15, 0.2) is 0 Å². The Balaban J connectivity index is 3.56. The zero-order valence-corrected chi connectivity index (χ0v) is 7.73. The summed E-state index contributed by atoms with van der Waals surface area (Å²) in [7, 11) is 0. The second-order valence-corrected chi connectivity index (χ2v) is 3.04. The predicted octanol–water partition coefficient (Wildman–Crippen LogP) is 2.01. The number of halogens is 3. The molecule has 0 unspecified atom stereocenters. The normalized spacial score (nSPS) is 10.1. The van der Waals surface area contributed by atoms with Gasteiger partial charge in [0.1, 0.15) is 17.2 Å². The number of anilines is 1. The largest absolute Gasteiger partial charge is 0.478 e. The number of carboxylic acids is 1. The Morgan fingerprint density at radius 2 is 2.00 bits per heavy atom. The first kappa shape index (κ1) is 9.91. The van der Waals surface area contributed by atoms with Crippen LogP contribution in [0.4, 0.5) is 14.5 Å². The SMILES string of the molecule is Nc1c(F)cc(F)c(Br)c1C(=O)O. The maximum atomic E-state index is 12.8. The van der Waals surface area contributed by atoms with Gasteiger partial charge in [-0.15, -0.1) is 0 Å². The highest BCUT2D eigenvalue weighted by Gasteiger charge is 2.19. The molecule has 13 heavy (non-hydrogen) atoms. The lowest BCUT2D eigenvalue weighted by molar-refractivity contribution is 0.0696. The molecule has 0 fully saturated rings. The molecule has 6 heteroatoms. The molecule has 0 heterocycles. The number of carbonyl (C=O) groups is 1. The number of nitrogens with two attached hydrogens (primary N) is 1. The van der Waals surface area contributed by atoms with E-state index in [4.69, 9.17) is 10.8 Å². The molecule has 0 radical (unpaired) electrons. The molecule has 0 spiro atoms. The quantitative estimate of drug-likeness (QED) is 0.593. The Bertz CT molecular complexity index is 355. The lowest BCUT2D eigenvalue weighted by Gasteiger charge is -2.05. The first-order valence-electron chi connectivity index (χ1n) is 3.11. The Morgan fingerprint density at radius 3 is 2.46 bits per heavy atom. The Morgan fingerprint density at radius 1 is 1.46 bits per heavy atom. The summed E-state index contributed by atoms with van der Waals surface area (Å²) < 4.78 is 25.2. The predicted molar refractivity (Wildman–Crippen MR) is 45.4 cm³/mol. The van der Waals surface area contributed by atoms with Crippen molar-refractivity contribution in [2.45, 2.75) is 0 Å². The number of carboxylic acid groups (broad SMARTS) is 1. The summed E-state index contributed by atoms with van der Waals surface area (Å²) in [4.78, 5) is 10.5. The zero-order chi connectivity index (χ0) is 10.2.